The van der Waals surface area contributed by atoms with E-state index in [0.717, 1.165) is 0 Å². The van der Waals surface area contributed by atoms with Gasteiger partial charge in [-0.2, -0.15) is 0 Å². The van der Waals surface area contributed by atoms with Gasteiger partial charge in [0.05, 0.1) is 11.8 Å². The average molecular weight is 228 g/mol. The Morgan fingerprint density at radius 3 is 2.56 bits per heavy atom. The van der Waals surface area contributed by atoms with E-state index in [-0.39, 0.29) is 24.2 Å². The Labute approximate surface area is 93.4 Å². The first-order valence-corrected chi connectivity index (χ1v) is 5.21. The molecule has 0 bridgehead atoms. The number of nitrogens with one attached hydrogen (secondary N) is 2. The Bertz CT molecular complexity index is 316. The van der Waals surface area contributed by atoms with Crippen LogP contribution in [0.1, 0.15) is 20.3 Å². The molecule has 0 aromatic heterocycles. The van der Waals surface area contributed by atoms with Crippen LogP contribution in [0.25, 0.3) is 0 Å². The SMILES string of the molecule is CC(NC(=O)C1CNC(=O)C1)C(C)C(=O)O. The van der Waals surface area contributed by atoms with E-state index in [4.69, 9.17) is 5.11 Å². The van der Waals surface area contributed by atoms with Gasteiger partial charge in [-0.15, -0.1) is 0 Å². The molecule has 0 radical (unpaired) electrons. The van der Waals surface area contributed by atoms with Crippen molar-refractivity contribution in [1.29, 1.82) is 0 Å². The molecule has 1 heterocycles. The zero-order chi connectivity index (χ0) is 12.3. The Morgan fingerprint density at radius 2 is 2.12 bits per heavy atom. The molecule has 1 aliphatic heterocycles. The van der Waals surface area contributed by atoms with Crippen molar-refractivity contribution in [3.05, 3.63) is 0 Å². The van der Waals surface area contributed by atoms with Gasteiger partial charge in [0.2, 0.25) is 11.8 Å². The summed E-state index contributed by atoms with van der Waals surface area (Å²) in [5, 5.41) is 13.9. The van der Waals surface area contributed by atoms with E-state index in [1.165, 1.54) is 6.92 Å². The van der Waals surface area contributed by atoms with Crippen LogP contribution in [0.2, 0.25) is 0 Å². The third kappa shape index (κ3) is 2.95. The molecule has 3 N–H and O–H groups in total. The minimum absolute atomic E-state index is 0.140. The van der Waals surface area contributed by atoms with Crippen molar-refractivity contribution >= 4 is 17.8 Å². The second kappa shape index (κ2) is 4.96. The lowest BCUT2D eigenvalue weighted by Gasteiger charge is -2.19. The molecule has 1 rings (SSSR count). The number of carbonyl (C=O) groups is 3. The number of carboxylic acids is 1. The van der Waals surface area contributed by atoms with Crippen molar-refractivity contribution in [3.63, 3.8) is 0 Å². The minimum Gasteiger partial charge on any atom is -0.481 e. The number of hydrogen-bond donors (Lipinski definition) is 3. The maximum absolute atomic E-state index is 11.6. The molecule has 1 saturated heterocycles. The normalized spacial score (nSPS) is 23.4. The number of carboxylic acid groups (broad SMARTS) is 1. The molecule has 3 unspecified atom stereocenters. The zero-order valence-electron chi connectivity index (χ0n) is 9.32. The van der Waals surface area contributed by atoms with Crippen LogP contribution < -0.4 is 10.6 Å². The Hall–Kier alpha value is -1.59. The van der Waals surface area contributed by atoms with E-state index in [1.54, 1.807) is 6.92 Å². The molecule has 3 atom stereocenters. The molecule has 0 aromatic rings. The van der Waals surface area contributed by atoms with E-state index in [2.05, 4.69) is 10.6 Å². The third-order valence-electron chi connectivity index (χ3n) is 2.86. The Kier molecular flexibility index (Phi) is 3.87. The highest BCUT2D eigenvalue weighted by molar-refractivity contribution is 5.89. The number of aliphatic carboxylic acids is 1. The summed E-state index contributed by atoms with van der Waals surface area (Å²) in [5.74, 6) is -2.38. The standard InChI is InChI=1S/C10H16N2O4/c1-5(10(15)16)6(2)12-9(14)7-3-8(13)11-4-7/h5-7H,3-4H2,1-2H3,(H,11,13)(H,12,14)(H,15,16). The second-order valence-corrected chi connectivity index (χ2v) is 4.13. The fraction of sp³-hybridized carbons (Fsp3) is 0.700. The predicted octanol–water partition coefficient (Wildman–Crippen LogP) is -0.652. The molecule has 0 aromatic carbocycles. The van der Waals surface area contributed by atoms with Crippen molar-refractivity contribution in [2.45, 2.75) is 26.3 Å². The van der Waals surface area contributed by atoms with Crippen LogP contribution in [0.4, 0.5) is 0 Å². The topological polar surface area (TPSA) is 95.5 Å². The first-order valence-electron chi connectivity index (χ1n) is 5.21. The van der Waals surface area contributed by atoms with Gasteiger partial charge in [0, 0.05) is 19.0 Å². The molecule has 1 aliphatic rings. The van der Waals surface area contributed by atoms with Crippen LogP contribution in [0.5, 0.6) is 0 Å². The van der Waals surface area contributed by atoms with Gasteiger partial charge < -0.3 is 15.7 Å². The molecule has 16 heavy (non-hydrogen) atoms. The van der Waals surface area contributed by atoms with Gasteiger partial charge in [-0.1, -0.05) is 0 Å². The highest BCUT2D eigenvalue weighted by Crippen LogP contribution is 2.10. The van der Waals surface area contributed by atoms with E-state index < -0.39 is 17.9 Å². The number of hydrogen-bond acceptors (Lipinski definition) is 3. The quantitative estimate of drug-likeness (QED) is 0.595. The molecule has 0 saturated carbocycles. The lowest BCUT2D eigenvalue weighted by atomic mass is 10.0. The van der Waals surface area contributed by atoms with Crippen LogP contribution in [-0.4, -0.2) is 35.5 Å². The number of carbonyl (C=O) groups excluding carboxylic acids is 2. The summed E-state index contributed by atoms with van der Waals surface area (Å²) in [6.07, 6.45) is 0.181. The largest absolute Gasteiger partial charge is 0.481 e. The third-order valence-corrected chi connectivity index (χ3v) is 2.86. The van der Waals surface area contributed by atoms with Gasteiger partial charge >= 0.3 is 5.97 Å². The van der Waals surface area contributed by atoms with Crippen molar-refractivity contribution in [2.24, 2.45) is 11.8 Å². The van der Waals surface area contributed by atoms with Crippen molar-refractivity contribution in [1.82, 2.24) is 10.6 Å². The molecule has 6 nitrogen and oxygen atoms in total. The molecular weight excluding hydrogens is 212 g/mol. The fourth-order valence-corrected chi connectivity index (χ4v) is 1.47. The van der Waals surface area contributed by atoms with Crippen molar-refractivity contribution in [2.75, 3.05) is 6.54 Å². The van der Waals surface area contributed by atoms with Crippen molar-refractivity contribution in [3.8, 4) is 0 Å². The minimum atomic E-state index is -0.951. The maximum atomic E-state index is 11.6. The highest BCUT2D eigenvalue weighted by Gasteiger charge is 2.30. The van der Waals surface area contributed by atoms with Crippen LogP contribution in [0, 0.1) is 11.8 Å². The molecule has 2 amide bonds. The smallest absolute Gasteiger partial charge is 0.308 e. The van der Waals surface area contributed by atoms with Crippen LogP contribution >= 0.6 is 0 Å². The second-order valence-electron chi connectivity index (χ2n) is 4.13. The predicted molar refractivity (Wildman–Crippen MR) is 55.5 cm³/mol. The number of amides is 2. The summed E-state index contributed by atoms with van der Waals surface area (Å²) in [7, 11) is 0. The molecular formula is C10H16N2O4. The Balaban J connectivity index is 2.45. The molecule has 1 fully saturated rings. The monoisotopic (exact) mass is 228 g/mol. The van der Waals surface area contributed by atoms with E-state index in [9.17, 15) is 14.4 Å². The van der Waals surface area contributed by atoms with Gasteiger partial charge in [-0.05, 0) is 13.8 Å². The van der Waals surface area contributed by atoms with Gasteiger partial charge in [0.15, 0.2) is 0 Å². The highest BCUT2D eigenvalue weighted by atomic mass is 16.4. The first kappa shape index (κ1) is 12.5. The zero-order valence-corrected chi connectivity index (χ0v) is 9.32. The van der Waals surface area contributed by atoms with Crippen LogP contribution in [-0.2, 0) is 14.4 Å². The van der Waals surface area contributed by atoms with E-state index in [1.807, 2.05) is 0 Å². The van der Waals surface area contributed by atoms with Gasteiger partial charge in [0.25, 0.3) is 0 Å². The fourth-order valence-electron chi connectivity index (χ4n) is 1.47. The van der Waals surface area contributed by atoms with Gasteiger partial charge in [-0.3, -0.25) is 14.4 Å². The van der Waals surface area contributed by atoms with E-state index in [0.29, 0.717) is 6.54 Å². The summed E-state index contributed by atoms with van der Waals surface area (Å²) in [6, 6.07) is -0.444. The van der Waals surface area contributed by atoms with Crippen LogP contribution in [0.3, 0.4) is 0 Å². The molecule has 90 valence electrons. The first-order chi connectivity index (χ1) is 7.41. The average Bonchev–Trinajstić information content (AvgIpc) is 2.63. The van der Waals surface area contributed by atoms with Crippen LogP contribution in [0.15, 0.2) is 0 Å². The summed E-state index contributed by atoms with van der Waals surface area (Å²) in [4.78, 5) is 33.2. The summed E-state index contributed by atoms with van der Waals surface area (Å²) >= 11 is 0. The van der Waals surface area contributed by atoms with Crippen molar-refractivity contribution < 1.29 is 19.5 Å². The van der Waals surface area contributed by atoms with Gasteiger partial charge in [0.1, 0.15) is 0 Å². The van der Waals surface area contributed by atoms with Gasteiger partial charge in [-0.25, -0.2) is 0 Å². The van der Waals surface area contributed by atoms with E-state index >= 15 is 0 Å². The lowest BCUT2D eigenvalue weighted by molar-refractivity contribution is -0.142. The summed E-state index contributed by atoms with van der Waals surface area (Å²) in [5.41, 5.74) is 0. The summed E-state index contributed by atoms with van der Waals surface area (Å²) < 4.78 is 0. The molecule has 6 heteroatoms. The Morgan fingerprint density at radius 1 is 1.50 bits per heavy atom. The molecule has 0 aliphatic carbocycles. The molecule has 0 spiro atoms. The lowest BCUT2D eigenvalue weighted by Crippen LogP contribution is -2.43. The summed E-state index contributed by atoms with van der Waals surface area (Å²) in [6.45, 7) is 3.51. The maximum Gasteiger partial charge on any atom is 0.308 e. The number of rotatable bonds is 4.